The van der Waals surface area contributed by atoms with Crippen LogP contribution in [0.2, 0.25) is 0 Å². The molecule has 2 atom stereocenters. The molecule has 4 heteroatoms. The van der Waals surface area contributed by atoms with Crippen molar-refractivity contribution in [3.05, 3.63) is 35.1 Å². The van der Waals surface area contributed by atoms with E-state index in [1.54, 1.807) is 6.08 Å². The fraction of sp³-hybridized carbons (Fsp3) is 0.417. The van der Waals surface area contributed by atoms with E-state index in [0.29, 0.717) is 16.9 Å². The van der Waals surface area contributed by atoms with Crippen LogP contribution in [0.15, 0.2) is 35.1 Å². The number of hydrogen-bond acceptors (Lipinski definition) is 4. The van der Waals surface area contributed by atoms with Gasteiger partial charge in [0.05, 0.1) is 5.57 Å². The van der Waals surface area contributed by atoms with Gasteiger partial charge >= 0.3 is 5.97 Å². The molecule has 0 saturated carbocycles. The Labute approximate surface area is 93.5 Å². The SMILES string of the molecule is CCC/C=C1\OC(=O)C2=C1[C@H](O)[C@H](O)C=C2. The van der Waals surface area contributed by atoms with Crippen LogP contribution in [0, 0.1) is 0 Å². The van der Waals surface area contributed by atoms with Crippen molar-refractivity contribution < 1.29 is 19.7 Å². The zero-order chi connectivity index (χ0) is 11.7. The summed E-state index contributed by atoms with van der Waals surface area (Å²) in [5.41, 5.74) is 0.758. The summed E-state index contributed by atoms with van der Waals surface area (Å²) in [6.07, 6.45) is 4.32. The van der Waals surface area contributed by atoms with Gasteiger partial charge in [0.15, 0.2) is 0 Å². The van der Waals surface area contributed by atoms with Gasteiger partial charge in [-0.15, -0.1) is 0 Å². The fourth-order valence-corrected chi connectivity index (χ4v) is 1.81. The number of aliphatic hydroxyl groups is 2. The van der Waals surface area contributed by atoms with Crippen LogP contribution >= 0.6 is 0 Å². The maximum atomic E-state index is 11.5. The van der Waals surface area contributed by atoms with E-state index in [1.807, 2.05) is 6.92 Å². The standard InChI is InChI=1S/C12H14O4/c1-2-3-4-9-10-7(12(15)16-9)5-6-8(13)11(10)14/h4-6,8,11,13-14H,2-3H2,1H3/b9-4-/t8-,11-/m1/s1. The van der Waals surface area contributed by atoms with E-state index in [-0.39, 0.29) is 0 Å². The summed E-state index contributed by atoms with van der Waals surface area (Å²) < 4.78 is 5.05. The van der Waals surface area contributed by atoms with E-state index in [2.05, 4.69) is 0 Å². The normalized spacial score (nSPS) is 30.9. The van der Waals surface area contributed by atoms with E-state index in [4.69, 9.17) is 4.74 Å². The van der Waals surface area contributed by atoms with Crippen molar-refractivity contribution in [2.75, 3.05) is 0 Å². The van der Waals surface area contributed by atoms with Crippen molar-refractivity contribution in [2.24, 2.45) is 0 Å². The highest BCUT2D eigenvalue weighted by molar-refractivity contribution is 5.98. The number of esters is 1. The highest BCUT2D eigenvalue weighted by Crippen LogP contribution is 2.34. The van der Waals surface area contributed by atoms with Gasteiger partial charge in [-0.05, 0) is 18.6 Å². The minimum absolute atomic E-state index is 0.347. The molecule has 0 amide bonds. The van der Waals surface area contributed by atoms with Crippen LogP contribution in [-0.2, 0) is 9.53 Å². The molecule has 4 nitrogen and oxygen atoms in total. The van der Waals surface area contributed by atoms with Gasteiger partial charge in [0.2, 0.25) is 0 Å². The van der Waals surface area contributed by atoms with Crippen LogP contribution < -0.4 is 0 Å². The van der Waals surface area contributed by atoms with Crippen LogP contribution in [0.4, 0.5) is 0 Å². The second kappa shape index (κ2) is 4.23. The third-order valence-electron chi connectivity index (χ3n) is 2.68. The average molecular weight is 222 g/mol. The van der Waals surface area contributed by atoms with Gasteiger partial charge in [-0.1, -0.05) is 19.4 Å². The molecule has 2 rings (SSSR count). The quantitative estimate of drug-likeness (QED) is 0.679. The van der Waals surface area contributed by atoms with Crippen molar-refractivity contribution in [3.63, 3.8) is 0 Å². The molecule has 0 spiro atoms. The average Bonchev–Trinajstić information content (AvgIpc) is 2.58. The van der Waals surface area contributed by atoms with Gasteiger partial charge in [-0.2, -0.15) is 0 Å². The third-order valence-corrected chi connectivity index (χ3v) is 2.68. The first-order valence-corrected chi connectivity index (χ1v) is 5.36. The zero-order valence-electron chi connectivity index (χ0n) is 9.01. The first-order chi connectivity index (χ1) is 7.65. The Bertz CT molecular complexity index is 403. The minimum atomic E-state index is -1.07. The summed E-state index contributed by atoms with van der Waals surface area (Å²) in [4.78, 5) is 11.5. The molecule has 1 aliphatic heterocycles. The van der Waals surface area contributed by atoms with Crippen molar-refractivity contribution in [3.8, 4) is 0 Å². The highest BCUT2D eigenvalue weighted by atomic mass is 16.5. The number of carbonyl (C=O) groups is 1. The Morgan fingerprint density at radius 3 is 2.94 bits per heavy atom. The molecule has 0 aromatic rings. The van der Waals surface area contributed by atoms with Gasteiger partial charge in [0, 0.05) is 5.57 Å². The van der Waals surface area contributed by atoms with E-state index in [0.717, 1.165) is 12.8 Å². The van der Waals surface area contributed by atoms with Gasteiger partial charge < -0.3 is 14.9 Å². The molecule has 0 saturated heterocycles. The molecule has 1 heterocycles. The van der Waals surface area contributed by atoms with E-state index < -0.39 is 18.2 Å². The fourth-order valence-electron chi connectivity index (χ4n) is 1.81. The van der Waals surface area contributed by atoms with Crippen molar-refractivity contribution in [2.45, 2.75) is 32.0 Å². The maximum Gasteiger partial charge on any atom is 0.344 e. The largest absolute Gasteiger partial charge is 0.423 e. The van der Waals surface area contributed by atoms with Crippen LogP contribution in [-0.4, -0.2) is 28.4 Å². The molecule has 0 aromatic heterocycles. The Morgan fingerprint density at radius 1 is 1.50 bits per heavy atom. The van der Waals surface area contributed by atoms with Crippen LogP contribution in [0.3, 0.4) is 0 Å². The highest BCUT2D eigenvalue weighted by Gasteiger charge is 2.37. The lowest BCUT2D eigenvalue weighted by molar-refractivity contribution is -0.132. The second-order valence-electron chi connectivity index (χ2n) is 3.87. The Hall–Kier alpha value is -1.39. The van der Waals surface area contributed by atoms with Crippen LogP contribution in [0.1, 0.15) is 19.8 Å². The summed E-state index contributed by atoms with van der Waals surface area (Å²) in [5, 5.41) is 19.3. The first-order valence-electron chi connectivity index (χ1n) is 5.36. The lowest BCUT2D eigenvalue weighted by Crippen LogP contribution is -2.29. The summed E-state index contributed by atoms with van der Waals surface area (Å²) in [5.74, 6) is -0.0719. The van der Waals surface area contributed by atoms with Gasteiger partial charge in [0.25, 0.3) is 0 Å². The van der Waals surface area contributed by atoms with Gasteiger partial charge in [-0.3, -0.25) is 0 Å². The molecule has 2 N–H and O–H groups in total. The predicted molar refractivity (Wildman–Crippen MR) is 57.3 cm³/mol. The third kappa shape index (κ3) is 1.70. The number of unbranched alkanes of at least 4 members (excludes halogenated alkanes) is 1. The summed E-state index contributed by atoms with van der Waals surface area (Å²) in [7, 11) is 0. The molecular formula is C12H14O4. The second-order valence-corrected chi connectivity index (χ2v) is 3.87. The van der Waals surface area contributed by atoms with E-state index >= 15 is 0 Å². The molecule has 0 radical (unpaired) electrons. The van der Waals surface area contributed by atoms with Gasteiger partial charge in [-0.25, -0.2) is 4.79 Å². The van der Waals surface area contributed by atoms with E-state index in [9.17, 15) is 15.0 Å². The Kier molecular flexibility index (Phi) is 2.94. The molecule has 2 aliphatic rings. The number of allylic oxidation sites excluding steroid dienone is 1. The van der Waals surface area contributed by atoms with Crippen molar-refractivity contribution >= 4 is 5.97 Å². The Morgan fingerprint density at radius 2 is 2.25 bits per heavy atom. The maximum absolute atomic E-state index is 11.5. The molecular weight excluding hydrogens is 208 g/mol. The molecule has 86 valence electrons. The monoisotopic (exact) mass is 222 g/mol. The summed E-state index contributed by atoms with van der Waals surface area (Å²) in [6, 6.07) is 0. The molecule has 1 aliphatic carbocycles. The van der Waals surface area contributed by atoms with Gasteiger partial charge in [0.1, 0.15) is 18.0 Å². The van der Waals surface area contributed by atoms with Crippen LogP contribution in [0.5, 0.6) is 0 Å². The molecule has 0 aromatic carbocycles. The van der Waals surface area contributed by atoms with Crippen molar-refractivity contribution in [1.29, 1.82) is 0 Å². The number of cyclic esters (lactones) is 1. The summed E-state index contributed by atoms with van der Waals surface area (Å²) >= 11 is 0. The number of rotatable bonds is 2. The molecule has 0 fully saturated rings. The first kappa shape index (κ1) is 11.1. The lowest BCUT2D eigenvalue weighted by Gasteiger charge is -2.19. The Balaban J connectivity index is 2.37. The van der Waals surface area contributed by atoms with E-state index in [1.165, 1.54) is 12.2 Å². The van der Waals surface area contributed by atoms with Crippen molar-refractivity contribution in [1.82, 2.24) is 0 Å². The molecule has 0 unspecified atom stereocenters. The number of carbonyl (C=O) groups excluding carboxylic acids is 1. The smallest absolute Gasteiger partial charge is 0.344 e. The minimum Gasteiger partial charge on any atom is -0.423 e. The lowest BCUT2D eigenvalue weighted by atomic mass is 9.93. The number of ether oxygens (including phenoxy) is 1. The predicted octanol–water partition coefficient (Wildman–Crippen LogP) is 0.815. The zero-order valence-corrected chi connectivity index (χ0v) is 9.01. The number of hydrogen-bond donors (Lipinski definition) is 2. The topological polar surface area (TPSA) is 66.8 Å². The van der Waals surface area contributed by atoms with Crippen LogP contribution in [0.25, 0.3) is 0 Å². The summed E-state index contributed by atoms with van der Waals surface area (Å²) in [6.45, 7) is 2.01. The molecule has 0 bridgehead atoms. The number of aliphatic hydroxyl groups excluding tert-OH is 2. The molecule has 16 heavy (non-hydrogen) atoms.